The van der Waals surface area contributed by atoms with E-state index in [1.165, 1.54) is 17.8 Å². The topological polar surface area (TPSA) is 46.2 Å². The van der Waals surface area contributed by atoms with Gasteiger partial charge in [0.15, 0.2) is 0 Å². The van der Waals surface area contributed by atoms with Crippen LogP contribution in [0, 0.1) is 5.82 Å². The number of aliphatic hydroxyl groups is 1. The van der Waals surface area contributed by atoms with Crippen molar-refractivity contribution >= 4 is 11.8 Å². The first-order valence-electron chi connectivity index (χ1n) is 5.31. The first-order chi connectivity index (χ1) is 7.41. The van der Waals surface area contributed by atoms with Gasteiger partial charge in [-0.25, -0.2) is 4.39 Å². The lowest BCUT2D eigenvalue weighted by Crippen LogP contribution is -2.15. The SMILES string of the molecule is CC(O)C(C)Sc1ccc([C@H](C)N)cc1F. The van der Waals surface area contributed by atoms with Crippen LogP contribution < -0.4 is 5.73 Å². The number of thioether (sulfide) groups is 1. The summed E-state index contributed by atoms with van der Waals surface area (Å²) in [5, 5.41) is 9.32. The fourth-order valence-electron chi connectivity index (χ4n) is 1.19. The molecule has 3 N–H and O–H groups in total. The summed E-state index contributed by atoms with van der Waals surface area (Å²) in [4.78, 5) is 0.554. The van der Waals surface area contributed by atoms with E-state index in [-0.39, 0.29) is 17.1 Å². The molecule has 16 heavy (non-hydrogen) atoms. The molecule has 1 aromatic rings. The molecule has 0 saturated carbocycles. The molecular formula is C12H18FNOS. The molecule has 4 heteroatoms. The van der Waals surface area contributed by atoms with Crippen molar-refractivity contribution in [3.63, 3.8) is 0 Å². The van der Waals surface area contributed by atoms with Crippen LogP contribution >= 0.6 is 11.8 Å². The van der Waals surface area contributed by atoms with Gasteiger partial charge in [-0.05, 0) is 31.5 Å². The van der Waals surface area contributed by atoms with Crippen molar-refractivity contribution < 1.29 is 9.50 Å². The van der Waals surface area contributed by atoms with Gasteiger partial charge in [0.1, 0.15) is 5.82 Å². The van der Waals surface area contributed by atoms with Crippen molar-refractivity contribution in [1.82, 2.24) is 0 Å². The van der Waals surface area contributed by atoms with Crippen LogP contribution in [0.4, 0.5) is 4.39 Å². The van der Waals surface area contributed by atoms with E-state index in [9.17, 15) is 9.50 Å². The average molecular weight is 243 g/mol. The number of hydrogen-bond donors (Lipinski definition) is 2. The Balaban J connectivity index is 2.83. The number of aliphatic hydroxyl groups excluding tert-OH is 1. The van der Waals surface area contributed by atoms with Crippen molar-refractivity contribution in [1.29, 1.82) is 0 Å². The smallest absolute Gasteiger partial charge is 0.137 e. The van der Waals surface area contributed by atoms with Crippen LogP contribution in [-0.2, 0) is 0 Å². The summed E-state index contributed by atoms with van der Waals surface area (Å²) in [6.45, 7) is 5.39. The zero-order chi connectivity index (χ0) is 12.3. The standard InChI is InChI=1S/C12H18FNOS/c1-7(14)10-4-5-12(11(13)6-10)16-9(3)8(2)15/h4-9,15H,14H2,1-3H3/t7-,8?,9?/m0/s1. The molecule has 1 rings (SSSR count). The highest BCUT2D eigenvalue weighted by Crippen LogP contribution is 2.29. The monoisotopic (exact) mass is 243 g/mol. The van der Waals surface area contributed by atoms with Gasteiger partial charge < -0.3 is 10.8 Å². The molecular weight excluding hydrogens is 225 g/mol. The summed E-state index contributed by atoms with van der Waals surface area (Å²) in [5.41, 5.74) is 6.45. The summed E-state index contributed by atoms with van der Waals surface area (Å²) in [7, 11) is 0. The highest BCUT2D eigenvalue weighted by Gasteiger charge is 2.14. The molecule has 2 unspecified atom stereocenters. The molecule has 1 aromatic carbocycles. The second kappa shape index (κ2) is 5.66. The predicted octanol–water partition coefficient (Wildman–Crippen LogP) is 2.71. The summed E-state index contributed by atoms with van der Waals surface area (Å²) in [6.07, 6.45) is -0.461. The van der Waals surface area contributed by atoms with E-state index in [1.807, 2.05) is 19.9 Å². The van der Waals surface area contributed by atoms with Crippen LogP contribution in [0.3, 0.4) is 0 Å². The average Bonchev–Trinajstić information content (AvgIpc) is 2.20. The van der Waals surface area contributed by atoms with Crippen molar-refractivity contribution in [3.05, 3.63) is 29.6 Å². The second-order valence-corrected chi connectivity index (χ2v) is 5.46. The largest absolute Gasteiger partial charge is 0.392 e. The minimum absolute atomic E-state index is 0.0318. The molecule has 0 amide bonds. The first kappa shape index (κ1) is 13.5. The zero-order valence-electron chi connectivity index (χ0n) is 9.77. The molecule has 0 heterocycles. The summed E-state index contributed by atoms with van der Waals surface area (Å²) in [6, 6.07) is 4.84. The molecule has 0 saturated heterocycles. The van der Waals surface area contributed by atoms with E-state index in [0.29, 0.717) is 4.90 Å². The Hall–Kier alpha value is -0.580. The third-order valence-electron chi connectivity index (χ3n) is 2.47. The molecule has 0 aliphatic heterocycles. The molecule has 0 fully saturated rings. The van der Waals surface area contributed by atoms with Crippen LogP contribution in [0.25, 0.3) is 0 Å². The highest BCUT2D eigenvalue weighted by atomic mass is 32.2. The van der Waals surface area contributed by atoms with Gasteiger partial charge in [-0.2, -0.15) is 0 Å². The molecule has 0 radical (unpaired) electrons. The molecule has 0 aromatic heterocycles. The fraction of sp³-hybridized carbons (Fsp3) is 0.500. The Morgan fingerprint density at radius 3 is 2.38 bits per heavy atom. The number of benzene rings is 1. The second-order valence-electron chi connectivity index (χ2n) is 4.04. The van der Waals surface area contributed by atoms with Crippen LogP contribution in [0.15, 0.2) is 23.1 Å². The van der Waals surface area contributed by atoms with Gasteiger partial charge in [0.05, 0.1) is 6.10 Å². The third kappa shape index (κ3) is 3.47. The van der Waals surface area contributed by atoms with E-state index in [2.05, 4.69) is 0 Å². The quantitative estimate of drug-likeness (QED) is 0.799. The maximum atomic E-state index is 13.7. The van der Waals surface area contributed by atoms with E-state index in [4.69, 9.17) is 5.73 Å². The number of rotatable bonds is 4. The van der Waals surface area contributed by atoms with Gasteiger partial charge >= 0.3 is 0 Å². The Morgan fingerprint density at radius 1 is 1.31 bits per heavy atom. The fourth-order valence-corrected chi connectivity index (χ4v) is 2.11. The Kier molecular flexibility index (Phi) is 4.77. The Bertz CT molecular complexity index is 355. The Labute approximate surface area is 100 Å². The molecule has 0 spiro atoms. The Morgan fingerprint density at radius 2 is 1.94 bits per heavy atom. The lowest BCUT2D eigenvalue weighted by Gasteiger charge is -2.15. The summed E-state index contributed by atoms with van der Waals surface area (Å²) >= 11 is 1.33. The maximum Gasteiger partial charge on any atom is 0.137 e. The molecule has 0 aliphatic carbocycles. The van der Waals surface area contributed by atoms with E-state index in [0.717, 1.165) is 5.56 Å². The highest BCUT2D eigenvalue weighted by molar-refractivity contribution is 8.00. The lowest BCUT2D eigenvalue weighted by atomic mass is 10.1. The number of nitrogens with two attached hydrogens (primary N) is 1. The lowest BCUT2D eigenvalue weighted by molar-refractivity contribution is 0.196. The third-order valence-corrected chi connectivity index (χ3v) is 3.82. The number of halogens is 1. The van der Waals surface area contributed by atoms with Crippen LogP contribution in [0.5, 0.6) is 0 Å². The zero-order valence-corrected chi connectivity index (χ0v) is 10.6. The molecule has 2 nitrogen and oxygen atoms in total. The predicted molar refractivity (Wildman–Crippen MR) is 66.0 cm³/mol. The van der Waals surface area contributed by atoms with Crippen molar-refractivity contribution in [2.24, 2.45) is 5.73 Å². The van der Waals surface area contributed by atoms with Gasteiger partial charge in [0, 0.05) is 16.2 Å². The summed E-state index contributed by atoms with van der Waals surface area (Å²) in [5.74, 6) is -0.271. The van der Waals surface area contributed by atoms with E-state index >= 15 is 0 Å². The molecule has 3 atom stereocenters. The van der Waals surface area contributed by atoms with Gasteiger partial charge in [-0.15, -0.1) is 11.8 Å². The van der Waals surface area contributed by atoms with Crippen molar-refractivity contribution in [2.75, 3.05) is 0 Å². The normalized spacial score (nSPS) is 16.9. The minimum atomic E-state index is -0.461. The van der Waals surface area contributed by atoms with E-state index in [1.54, 1.807) is 13.0 Å². The van der Waals surface area contributed by atoms with Crippen LogP contribution in [0.1, 0.15) is 32.4 Å². The van der Waals surface area contributed by atoms with Crippen molar-refractivity contribution in [2.45, 2.75) is 43.1 Å². The molecule has 90 valence electrons. The summed E-state index contributed by atoms with van der Waals surface area (Å²) < 4.78 is 13.7. The van der Waals surface area contributed by atoms with E-state index < -0.39 is 6.10 Å². The minimum Gasteiger partial charge on any atom is -0.392 e. The molecule has 0 aliphatic rings. The van der Waals surface area contributed by atoms with Gasteiger partial charge in [0.2, 0.25) is 0 Å². The van der Waals surface area contributed by atoms with Crippen LogP contribution in [-0.4, -0.2) is 16.5 Å². The van der Waals surface area contributed by atoms with Crippen molar-refractivity contribution in [3.8, 4) is 0 Å². The van der Waals surface area contributed by atoms with Gasteiger partial charge in [0.25, 0.3) is 0 Å². The first-order valence-corrected chi connectivity index (χ1v) is 6.19. The number of hydrogen-bond acceptors (Lipinski definition) is 3. The molecule has 0 bridgehead atoms. The van der Waals surface area contributed by atoms with Gasteiger partial charge in [-0.3, -0.25) is 0 Å². The maximum absolute atomic E-state index is 13.7. The van der Waals surface area contributed by atoms with Crippen LogP contribution in [0.2, 0.25) is 0 Å². The van der Waals surface area contributed by atoms with Gasteiger partial charge in [-0.1, -0.05) is 13.0 Å².